The molecule has 8 nitrogen and oxygen atoms in total. The van der Waals surface area contributed by atoms with Crippen LogP contribution in [0.1, 0.15) is 56.3 Å². The Bertz CT molecular complexity index is 600. The van der Waals surface area contributed by atoms with Crippen molar-refractivity contribution in [3.05, 3.63) is 11.7 Å². The van der Waals surface area contributed by atoms with Gasteiger partial charge >= 0.3 is 0 Å². The monoisotopic (exact) mass is 335 g/mol. The van der Waals surface area contributed by atoms with Crippen LogP contribution in [0.15, 0.2) is 9.52 Å². The van der Waals surface area contributed by atoms with Crippen molar-refractivity contribution in [2.24, 2.45) is 10.7 Å². The van der Waals surface area contributed by atoms with Gasteiger partial charge in [-0.2, -0.15) is 4.98 Å². The van der Waals surface area contributed by atoms with Gasteiger partial charge in [-0.05, 0) is 32.6 Å². The minimum Gasteiger partial charge on any atom is -0.375 e. The average Bonchev–Trinajstić information content (AvgIpc) is 3.13. The Balaban J connectivity index is 1.29. The topological polar surface area (TPSA) is 99.0 Å². The zero-order chi connectivity index (χ0) is 16.5. The molecule has 132 valence electrons. The van der Waals surface area contributed by atoms with Crippen LogP contribution >= 0.6 is 0 Å². The van der Waals surface area contributed by atoms with Crippen molar-refractivity contribution in [1.29, 1.82) is 0 Å². The lowest BCUT2D eigenvalue weighted by Crippen LogP contribution is -2.48. The fourth-order valence-electron chi connectivity index (χ4n) is 3.23. The molecule has 0 spiro atoms. The molecule has 8 heteroatoms. The van der Waals surface area contributed by atoms with Gasteiger partial charge < -0.3 is 24.6 Å². The predicted octanol–water partition coefficient (Wildman–Crippen LogP) is 1.20. The summed E-state index contributed by atoms with van der Waals surface area (Å²) in [5.41, 5.74) is 6.10. The van der Waals surface area contributed by atoms with Gasteiger partial charge in [0, 0.05) is 19.0 Å². The second-order valence-electron chi connectivity index (χ2n) is 6.92. The summed E-state index contributed by atoms with van der Waals surface area (Å²) >= 11 is 0. The number of nitrogens with two attached hydrogens (primary N) is 1. The Morgan fingerprint density at radius 3 is 3.00 bits per heavy atom. The van der Waals surface area contributed by atoms with Crippen LogP contribution in [0.5, 0.6) is 0 Å². The Morgan fingerprint density at radius 2 is 2.21 bits per heavy atom. The van der Waals surface area contributed by atoms with Crippen LogP contribution in [0.3, 0.4) is 0 Å². The van der Waals surface area contributed by atoms with Crippen molar-refractivity contribution >= 4 is 5.96 Å². The van der Waals surface area contributed by atoms with Crippen LogP contribution in [-0.4, -0.2) is 59.4 Å². The van der Waals surface area contributed by atoms with E-state index in [4.69, 9.17) is 19.7 Å². The lowest BCUT2D eigenvalue weighted by molar-refractivity contribution is 0.00491. The van der Waals surface area contributed by atoms with Gasteiger partial charge in [0.05, 0.1) is 25.4 Å². The standard InChI is InChI=1S/C16H25N5O3/c1-10-9-21(6-7-22-10)16(17)18-8-12-4-5-13(23-12)15-19-14(20-24-15)11-2-3-11/h10-13H,2-9H2,1H3,(H2,17,18)/t10?,12-,13+/m1/s1. The highest BCUT2D eigenvalue weighted by molar-refractivity contribution is 5.78. The van der Waals surface area contributed by atoms with Gasteiger partial charge in [-0.25, -0.2) is 0 Å². The summed E-state index contributed by atoms with van der Waals surface area (Å²) < 4.78 is 16.9. The quantitative estimate of drug-likeness (QED) is 0.652. The van der Waals surface area contributed by atoms with Crippen LogP contribution in [-0.2, 0) is 9.47 Å². The summed E-state index contributed by atoms with van der Waals surface area (Å²) in [6, 6.07) is 0. The van der Waals surface area contributed by atoms with Crippen molar-refractivity contribution in [2.45, 2.75) is 56.8 Å². The van der Waals surface area contributed by atoms with Crippen molar-refractivity contribution in [3.8, 4) is 0 Å². The second kappa shape index (κ2) is 6.68. The molecule has 0 radical (unpaired) electrons. The van der Waals surface area contributed by atoms with Crippen molar-refractivity contribution in [3.63, 3.8) is 0 Å². The third-order valence-corrected chi connectivity index (χ3v) is 4.80. The molecule has 1 unspecified atom stereocenters. The highest BCUT2D eigenvalue weighted by Crippen LogP contribution is 2.39. The molecule has 0 bridgehead atoms. The van der Waals surface area contributed by atoms with Gasteiger partial charge in [0.15, 0.2) is 11.8 Å². The summed E-state index contributed by atoms with van der Waals surface area (Å²) in [4.78, 5) is 11.1. The Morgan fingerprint density at radius 1 is 1.33 bits per heavy atom. The number of hydrogen-bond acceptors (Lipinski definition) is 6. The Labute approximate surface area is 141 Å². The van der Waals surface area contributed by atoms with E-state index in [2.05, 4.69) is 20.0 Å². The Hall–Kier alpha value is -1.67. The molecule has 2 N–H and O–H groups in total. The lowest BCUT2D eigenvalue weighted by atomic mass is 10.2. The fourth-order valence-corrected chi connectivity index (χ4v) is 3.23. The molecule has 1 aromatic rings. The molecule has 1 saturated carbocycles. The molecule has 1 aromatic heterocycles. The first kappa shape index (κ1) is 15.8. The maximum atomic E-state index is 6.10. The number of ether oxygens (including phenoxy) is 2. The van der Waals surface area contributed by atoms with Gasteiger partial charge in [0.25, 0.3) is 5.89 Å². The summed E-state index contributed by atoms with van der Waals surface area (Å²) in [5, 5.41) is 4.06. The molecular formula is C16H25N5O3. The van der Waals surface area contributed by atoms with E-state index in [0.29, 0.717) is 30.9 Å². The molecular weight excluding hydrogens is 310 g/mol. The molecule has 3 atom stereocenters. The smallest absolute Gasteiger partial charge is 0.255 e. The average molecular weight is 335 g/mol. The highest BCUT2D eigenvalue weighted by atomic mass is 16.5. The van der Waals surface area contributed by atoms with E-state index in [1.54, 1.807) is 0 Å². The predicted molar refractivity (Wildman–Crippen MR) is 86.6 cm³/mol. The van der Waals surface area contributed by atoms with Gasteiger partial charge in [-0.3, -0.25) is 4.99 Å². The SMILES string of the molecule is CC1CN(C(N)=NC[C@H]2CC[C@@H](c3nc(C4CC4)no3)O2)CCO1. The van der Waals surface area contributed by atoms with E-state index in [1.807, 2.05) is 6.92 Å². The molecule has 3 fully saturated rings. The van der Waals surface area contributed by atoms with Crippen LogP contribution in [0.25, 0.3) is 0 Å². The maximum absolute atomic E-state index is 6.10. The van der Waals surface area contributed by atoms with Crippen molar-refractivity contribution in [2.75, 3.05) is 26.2 Å². The zero-order valence-electron chi connectivity index (χ0n) is 14.1. The molecule has 2 aliphatic heterocycles. The van der Waals surface area contributed by atoms with E-state index in [0.717, 1.165) is 31.8 Å². The number of rotatable bonds is 4. The minimum atomic E-state index is -0.102. The fraction of sp³-hybridized carbons (Fsp3) is 0.812. The van der Waals surface area contributed by atoms with E-state index >= 15 is 0 Å². The molecule has 4 rings (SSSR count). The molecule has 2 saturated heterocycles. The number of aromatic nitrogens is 2. The highest BCUT2D eigenvalue weighted by Gasteiger charge is 2.34. The van der Waals surface area contributed by atoms with Crippen LogP contribution in [0.4, 0.5) is 0 Å². The third-order valence-electron chi connectivity index (χ3n) is 4.80. The first-order chi connectivity index (χ1) is 11.7. The number of aliphatic imine (C=N–C) groups is 1. The molecule has 3 aliphatic rings. The van der Waals surface area contributed by atoms with Gasteiger partial charge in [-0.1, -0.05) is 5.16 Å². The summed E-state index contributed by atoms with van der Waals surface area (Å²) in [7, 11) is 0. The van der Waals surface area contributed by atoms with E-state index in [9.17, 15) is 0 Å². The second-order valence-corrected chi connectivity index (χ2v) is 6.92. The zero-order valence-corrected chi connectivity index (χ0v) is 14.1. The van der Waals surface area contributed by atoms with Gasteiger partial charge in [-0.15, -0.1) is 0 Å². The summed E-state index contributed by atoms with van der Waals surface area (Å²) in [5.74, 6) is 2.52. The van der Waals surface area contributed by atoms with E-state index < -0.39 is 0 Å². The molecule has 3 heterocycles. The molecule has 1 aliphatic carbocycles. The summed E-state index contributed by atoms with van der Waals surface area (Å²) in [6.45, 7) is 4.89. The number of guanidine groups is 1. The lowest BCUT2D eigenvalue weighted by Gasteiger charge is -2.31. The maximum Gasteiger partial charge on any atom is 0.255 e. The van der Waals surface area contributed by atoms with Crippen LogP contribution in [0, 0.1) is 0 Å². The minimum absolute atomic E-state index is 0.0586. The van der Waals surface area contributed by atoms with Crippen LogP contribution < -0.4 is 5.73 Å². The molecule has 0 amide bonds. The first-order valence-electron chi connectivity index (χ1n) is 8.84. The van der Waals surface area contributed by atoms with Gasteiger partial charge in [0.2, 0.25) is 0 Å². The number of morpholine rings is 1. The van der Waals surface area contributed by atoms with Gasteiger partial charge in [0.1, 0.15) is 6.10 Å². The number of hydrogen-bond donors (Lipinski definition) is 1. The normalized spacial score (nSPS) is 31.6. The molecule has 0 aromatic carbocycles. The van der Waals surface area contributed by atoms with E-state index in [1.165, 1.54) is 12.8 Å². The molecule has 24 heavy (non-hydrogen) atoms. The Kier molecular flexibility index (Phi) is 4.41. The van der Waals surface area contributed by atoms with E-state index in [-0.39, 0.29) is 18.3 Å². The largest absolute Gasteiger partial charge is 0.375 e. The van der Waals surface area contributed by atoms with Crippen LogP contribution in [0.2, 0.25) is 0 Å². The summed E-state index contributed by atoms with van der Waals surface area (Å²) in [6.07, 6.45) is 4.31. The third kappa shape index (κ3) is 3.54. The van der Waals surface area contributed by atoms with Crippen molar-refractivity contribution < 1.29 is 14.0 Å². The first-order valence-corrected chi connectivity index (χ1v) is 8.84. The number of nitrogens with zero attached hydrogens (tertiary/aromatic N) is 4. The van der Waals surface area contributed by atoms with Crippen molar-refractivity contribution in [1.82, 2.24) is 15.0 Å².